The Labute approximate surface area is 61.5 Å². The van der Waals surface area contributed by atoms with Gasteiger partial charge in [-0.15, -0.1) is 13.2 Å². The van der Waals surface area contributed by atoms with Gasteiger partial charge in [-0.25, -0.2) is 0 Å². The molecule has 0 aromatic carbocycles. The molecule has 0 amide bonds. The fraction of sp³-hybridized carbons (Fsp3) is 0.500. The molecule has 0 bridgehead atoms. The quantitative estimate of drug-likeness (QED) is 0.559. The lowest BCUT2D eigenvalue weighted by atomic mass is 9.99. The summed E-state index contributed by atoms with van der Waals surface area (Å²) in [5.41, 5.74) is -1.12. The van der Waals surface area contributed by atoms with E-state index >= 15 is 0 Å². The Morgan fingerprint density at radius 2 is 2.00 bits per heavy atom. The summed E-state index contributed by atoms with van der Waals surface area (Å²) in [4.78, 5) is 0. The van der Waals surface area contributed by atoms with E-state index in [1.54, 1.807) is 6.08 Å². The maximum absolute atomic E-state index is 9.34. The lowest BCUT2D eigenvalue weighted by molar-refractivity contribution is 0.0215. The zero-order valence-electron chi connectivity index (χ0n) is 6.08. The van der Waals surface area contributed by atoms with Crippen LogP contribution in [0.1, 0.15) is 12.8 Å². The van der Waals surface area contributed by atoms with Crippen molar-refractivity contribution in [2.75, 3.05) is 6.61 Å². The Kier molecular flexibility index (Phi) is 4.00. The van der Waals surface area contributed by atoms with E-state index in [4.69, 9.17) is 5.11 Å². The smallest absolute Gasteiger partial charge is 0.106 e. The summed E-state index contributed by atoms with van der Waals surface area (Å²) in [6.45, 7) is 6.64. The van der Waals surface area contributed by atoms with E-state index in [2.05, 4.69) is 13.2 Å². The third kappa shape index (κ3) is 2.80. The first-order chi connectivity index (χ1) is 4.68. The molecule has 0 unspecified atom stereocenters. The van der Waals surface area contributed by atoms with Crippen molar-refractivity contribution in [1.29, 1.82) is 0 Å². The van der Waals surface area contributed by atoms with Crippen LogP contribution in [0.4, 0.5) is 0 Å². The van der Waals surface area contributed by atoms with Crippen LogP contribution in [0, 0.1) is 0 Å². The highest BCUT2D eigenvalue weighted by atomic mass is 16.3. The Morgan fingerprint density at radius 1 is 1.40 bits per heavy atom. The average molecular weight is 142 g/mol. The van der Waals surface area contributed by atoms with Gasteiger partial charge in [0.25, 0.3) is 0 Å². The fourth-order valence-electron chi connectivity index (χ4n) is 0.598. The molecule has 58 valence electrons. The van der Waals surface area contributed by atoms with E-state index in [9.17, 15) is 5.11 Å². The van der Waals surface area contributed by atoms with Crippen LogP contribution in [-0.2, 0) is 0 Å². The van der Waals surface area contributed by atoms with E-state index in [0.717, 1.165) is 0 Å². The second kappa shape index (κ2) is 4.25. The Morgan fingerprint density at radius 3 is 2.30 bits per heavy atom. The molecule has 0 saturated carbocycles. The molecule has 10 heavy (non-hydrogen) atoms. The number of allylic oxidation sites excluding steroid dienone is 1. The molecule has 0 radical (unpaired) electrons. The lowest BCUT2D eigenvalue weighted by Gasteiger charge is -2.19. The molecule has 1 atom stereocenters. The number of rotatable bonds is 5. The van der Waals surface area contributed by atoms with Gasteiger partial charge in [0.2, 0.25) is 0 Å². The van der Waals surface area contributed by atoms with Gasteiger partial charge in [0.15, 0.2) is 0 Å². The predicted molar refractivity (Wildman–Crippen MR) is 41.7 cm³/mol. The van der Waals surface area contributed by atoms with Crippen LogP contribution in [0.5, 0.6) is 0 Å². The third-order valence-electron chi connectivity index (χ3n) is 1.44. The zero-order chi connectivity index (χ0) is 8.04. The first-order valence-electron chi connectivity index (χ1n) is 3.26. The van der Waals surface area contributed by atoms with E-state index in [1.807, 2.05) is 0 Å². The highest BCUT2D eigenvalue weighted by Gasteiger charge is 2.19. The Bertz CT molecular complexity index is 120. The number of hydrogen-bond acceptors (Lipinski definition) is 2. The van der Waals surface area contributed by atoms with E-state index in [-0.39, 0.29) is 6.61 Å². The van der Waals surface area contributed by atoms with Crippen LogP contribution in [0.3, 0.4) is 0 Å². The molecule has 2 heteroatoms. The summed E-state index contributed by atoms with van der Waals surface area (Å²) in [5.74, 6) is 0. The van der Waals surface area contributed by atoms with Crippen LogP contribution in [0.25, 0.3) is 0 Å². The molecule has 0 aromatic rings. The molecule has 2 N–H and O–H groups in total. The maximum Gasteiger partial charge on any atom is 0.106 e. The van der Waals surface area contributed by atoms with Gasteiger partial charge in [-0.3, -0.25) is 0 Å². The largest absolute Gasteiger partial charge is 0.393 e. The number of aliphatic hydroxyl groups is 2. The molecule has 0 aliphatic heterocycles. The maximum atomic E-state index is 9.34. The second-order valence-corrected chi connectivity index (χ2v) is 2.29. The zero-order valence-corrected chi connectivity index (χ0v) is 6.08. The standard InChI is InChI=1S/C8H14O2/c1-3-5-6-8(10,4-2)7-9/h3-4,9-10H,1-2,5-7H2/t8-/m0/s1. The Hall–Kier alpha value is -0.600. The average Bonchev–Trinajstić information content (AvgIpc) is 2.00. The number of aliphatic hydroxyl groups excluding tert-OH is 1. The van der Waals surface area contributed by atoms with Gasteiger partial charge >= 0.3 is 0 Å². The van der Waals surface area contributed by atoms with Gasteiger partial charge in [-0.1, -0.05) is 12.2 Å². The predicted octanol–water partition coefficient (Wildman–Crippen LogP) is 0.862. The fourth-order valence-corrected chi connectivity index (χ4v) is 0.598. The summed E-state index contributed by atoms with van der Waals surface area (Å²) >= 11 is 0. The van der Waals surface area contributed by atoms with E-state index < -0.39 is 5.60 Å². The topological polar surface area (TPSA) is 40.5 Å². The van der Waals surface area contributed by atoms with Crippen molar-refractivity contribution in [2.24, 2.45) is 0 Å². The van der Waals surface area contributed by atoms with Crippen molar-refractivity contribution in [3.8, 4) is 0 Å². The summed E-state index contributed by atoms with van der Waals surface area (Å²) in [6.07, 6.45) is 4.22. The van der Waals surface area contributed by atoms with Crippen molar-refractivity contribution in [3.05, 3.63) is 25.3 Å². The summed E-state index contributed by atoms with van der Waals surface area (Å²) in [5, 5.41) is 18.0. The van der Waals surface area contributed by atoms with E-state index in [1.165, 1.54) is 6.08 Å². The minimum absolute atomic E-state index is 0.273. The highest BCUT2D eigenvalue weighted by Crippen LogP contribution is 2.12. The van der Waals surface area contributed by atoms with Crippen molar-refractivity contribution < 1.29 is 10.2 Å². The van der Waals surface area contributed by atoms with Gasteiger partial charge in [-0.2, -0.15) is 0 Å². The molecule has 0 saturated heterocycles. The van der Waals surface area contributed by atoms with Crippen LogP contribution >= 0.6 is 0 Å². The molecular formula is C8H14O2. The molecule has 0 aromatic heterocycles. The van der Waals surface area contributed by atoms with Crippen molar-refractivity contribution in [2.45, 2.75) is 18.4 Å². The molecule has 0 fully saturated rings. The van der Waals surface area contributed by atoms with Gasteiger partial charge in [0.1, 0.15) is 5.60 Å². The third-order valence-corrected chi connectivity index (χ3v) is 1.44. The first kappa shape index (κ1) is 9.40. The van der Waals surface area contributed by atoms with Crippen molar-refractivity contribution in [3.63, 3.8) is 0 Å². The molecule has 0 aliphatic carbocycles. The first-order valence-corrected chi connectivity index (χ1v) is 3.26. The summed E-state index contributed by atoms with van der Waals surface area (Å²) < 4.78 is 0. The van der Waals surface area contributed by atoms with Crippen LogP contribution < -0.4 is 0 Å². The molecule has 2 nitrogen and oxygen atoms in total. The van der Waals surface area contributed by atoms with Gasteiger partial charge < -0.3 is 10.2 Å². The minimum Gasteiger partial charge on any atom is -0.393 e. The van der Waals surface area contributed by atoms with Crippen molar-refractivity contribution >= 4 is 0 Å². The SMILES string of the molecule is C=CCC[C@@](O)(C=C)CO. The molecular weight excluding hydrogens is 128 g/mol. The van der Waals surface area contributed by atoms with E-state index in [0.29, 0.717) is 12.8 Å². The lowest BCUT2D eigenvalue weighted by Crippen LogP contribution is -2.29. The Balaban J connectivity index is 3.79. The minimum atomic E-state index is -1.12. The van der Waals surface area contributed by atoms with Crippen LogP contribution in [-0.4, -0.2) is 22.4 Å². The summed E-state index contributed by atoms with van der Waals surface area (Å²) in [7, 11) is 0. The molecule has 0 spiro atoms. The van der Waals surface area contributed by atoms with Gasteiger partial charge in [0, 0.05) is 0 Å². The second-order valence-electron chi connectivity index (χ2n) is 2.29. The monoisotopic (exact) mass is 142 g/mol. The molecule has 0 heterocycles. The molecule has 0 aliphatic rings. The normalized spacial score (nSPS) is 15.8. The van der Waals surface area contributed by atoms with Crippen LogP contribution in [0.2, 0.25) is 0 Å². The van der Waals surface area contributed by atoms with Crippen molar-refractivity contribution in [1.82, 2.24) is 0 Å². The molecule has 0 rings (SSSR count). The summed E-state index contributed by atoms with van der Waals surface area (Å²) in [6, 6.07) is 0. The van der Waals surface area contributed by atoms with Crippen LogP contribution in [0.15, 0.2) is 25.3 Å². The van der Waals surface area contributed by atoms with Gasteiger partial charge in [0.05, 0.1) is 6.61 Å². The number of hydrogen-bond donors (Lipinski definition) is 2. The van der Waals surface area contributed by atoms with Gasteiger partial charge in [-0.05, 0) is 12.8 Å². The highest BCUT2D eigenvalue weighted by molar-refractivity contribution is 4.96.